The van der Waals surface area contributed by atoms with E-state index in [-0.39, 0.29) is 53.1 Å². The molecule has 0 amide bonds. The van der Waals surface area contributed by atoms with E-state index in [0.29, 0.717) is 17.9 Å². The van der Waals surface area contributed by atoms with Crippen LogP contribution in [0, 0.1) is 48.7 Å². The Kier molecular flexibility index (Phi) is 53.8. The van der Waals surface area contributed by atoms with Crippen molar-refractivity contribution in [1.82, 2.24) is 29.4 Å². The van der Waals surface area contributed by atoms with E-state index in [2.05, 4.69) is 179 Å². The Labute approximate surface area is 633 Å². The molecule has 0 spiro atoms. The summed E-state index contributed by atoms with van der Waals surface area (Å²) in [5, 5.41) is 0. The number of hydrogen-bond acceptors (Lipinski definition) is 6. The van der Waals surface area contributed by atoms with Crippen molar-refractivity contribution in [2.24, 2.45) is 0 Å². The molecule has 2 aromatic carbocycles. The van der Waals surface area contributed by atoms with Gasteiger partial charge in [0.1, 0.15) is 0 Å². The van der Waals surface area contributed by atoms with Crippen LogP contribution in [0.4, 0.5) is 0 Å². The zero-order chi connectivity index (χ0) is 67.6. The van der Waals surface area contributed by atoms with E-state index in [1.54, 1.807) is 96.3 Å². The van der Waals surface area contributed by atoms with Gasteiger partial charge in [0, 0.05) is 32.1 Å². The molecule has 12 rings (SSSR count). The molecule has 0 unspecified atom stereocenters. The first kappa shape index (κ1) is 91.5. The summed E-state index contributed by atoms with van der Waals surface area (Å²) in [7, 11) is 32.0. The average Bonchev–Trinajstić information content (AvgIpc) is 2.21. The SMILES string of the molecule is C1=CN(C2CCCCC2)[CH-]N1C1CCCCC1.C1=CN(C2CCCCC2)[CH-]N1C1CCCCC1.C1CCC([PH+](C2CCCCC2)C2CCCCC2)CC1.CC(C)N1C=CN(C)[CH-]1.C[CH]=[Ru]([Cl])[Cl].Cc1ccc(C(C)C)cc1.Cc1ccc(C(C)C)cc1.[CH3-].[CH3-].[Cl][Ru+2][Cl].[Cl][Ru+2][Cl]. The van der Waals surface area contributed by atoms with Gasteiger partial charge in [-0.05, 0) is 229 Å². The number of halogens is 6. The molecular weight excluding hydrogens is 1580 g/mol. The van der Waals surface area contributed by atoms with Crippen LogP contribution in [0.15, 0.2) is 85.7 Å². The maximum absolute atomic E-state index is 5.32. The van der Waals surface area contributed by atoms with Gasteiger partial charge in [0.25, 0.3) is 0 Å². The Morgan fingerprint density at radius 2 is 0.632 bits per heavy atom. The van der Waals surface area contributed by atoms with Crippen molar-refractivity contribution in [2.75, 3.05) is 7.05 Å². The first-order valence-corrected chi connectivity index (χ1v) is 52.8. The predicted molar refractivity (Wildman–Crippen MR) is 419 cm³/mol. The number of nitrogens with zero attached hydrogens (tertiary/aromatic N) is 6. The molecule has 2 aromatic rings. The van der Waals surface area contributed by atoms with Crippen LogP contribution >= 0.6 is 66.1 Å². The second-order valence-corrected chi connectivity index (χ2v) is 43.5. The van der Waals surface area contributed by atoms with Gasteiger partial charge in [-0.25, -0.2) is 0 Å². The second-order valence-electron chi connectivity index (χ2n) is 28.5. The fraction of sp³-hybridized carbons (Fsp3) is 0.696. The van der Waals surface area contributed by atoms with Gasteiger partial charge in [-0.3, -0.25) is 0 Å². The molecule has 3 aliphatic heterocycles. The van der Waals surface area contributed by atoms with Crippen molar-refractivity contribution >= 4 is 70.7 Å². The van der Waals surface area contributed by atoms with Crippen LogP contribution < -0.4 is 0 Å². The summed E-state index contributed by atoms with van der Waals surface area (Å²) in [6.45, 7) is 26.1. The Morgan fingerprint density at radius 3 is 0.811 bits per heavy atom. The maximum atomic E-state index is 5.32. The van der Waals surface area contributed by atoms with Gasteiger partial charge in [-0.2, -0.15) is 20.0 Å². The first-order chi connectivity index (χ1) is 45.0. The van der Waals surface area contributed by atoms with Crippen molar-refractivity contribution in [1.29, 1.82) is 0 Å². The first-order valence-electron chi connectivity index (χ1n) is 36.7. The summed E-state index contributed by atoms with van der Waals surface area (Å²) >= 11 is -2.05. The molecule has 0 bridgehead atoms. The van der Waals surface area contributed by atoms with Crippen LogP contribution in [0.2, 0.25) is 0 Å². The number of aryl methyl sites for hydroxylation is 2. The van der Waals surface area contributed by atoms with Gasteiger partial charge in [-0.15, -0.1) is 0 Å². The van der Waals surface area contributed by atoms with Gasteiger partial charge in [-0.1, -0.05) is 184 Å². The van der Waals surface area contributed by atoms with Crippen LogP contribution in [-0.2, 0) is 43.8 Å². The Balaban J connectivity index is 0.000000381. The van der Waals surface area contributed by atoms with Crippen molar-refractivity contribution in [3.05, 3.63) is 143 Å². The fourth-order valence-corrected chi connectivity index (χ4v) is 20.4. The standard InChI is InChI=1S/C18H33P.2C15H25N2.2C10H14.C7H13N2.C2H4.2CH3.6ClH.3Ru/c1-4-10-16(11-5-1)19(17-12-6-2-7-13-17)18-14-8-3-9-15-18;2*1-3-7-14(8-4-1)16-11-12-17(13-16)15-9-5-2-6-10-15;2*1-8(2)10-6-4-9(3)5-7-10;1-7(2)9-5-4-8(3)6-9;1-2;;;;;;;;;;;/h16-18H,1-15H2;2*11-15H,1-10H2;2*4-8H,1-3H3;4-7H,1-3H3;1H,2H3;2*1H3;6*1H;;;/q;2*-1;;;-1;;2*-1;;;;;;;+2;2*+4/p-5. The third-order valence-electron chi connectivity index (χ3n) is 20.6. The molecule has 10 aliphatic rings. The minimum atomic E-state index is -1.36. The average molecular weight is 1720 g/mol. The third kappa shape index (κ3) is 38.1. The zero-order valence-electron chi connectivity index (χ0n) is 61.4. The van der Waals surface area contributed by atoms with Gasteiger partial charge in [0.15, 0.2) is 0 Å². The quantitative estimate of drug-likeness (QED) is 0.133. The van der Waals surface area contributed by atoms with E-state index >= 15 is 0 Å². The van der Waals surface area contributed by atoms with Crippen LogP contribution in [0.5, 0.6) is 0 Å². The summed E-state index contributed by atoms with van der Waals surface area (Å²) in [4.78, 5) is 14.1. The Morgan fingerprint density at radius 1 is 0.400 bits per heavy atom. The van der Waals surface area contributed by atoms with Crippen molar-refractivity contribution in [2.45, 2.75) is 346 Å². The molecule has 95 heavy (non-hydrogen) atoms. The molecule has 3 heterocycles. The Bertz CT molecular complexity index is 2050. The Hall–Kier alpha value is 0.370. The molecule has 7 saturated carbocycles. The zero-order valence-corrected chi connectivity index (χ0v) is 72.2. The van der Waals surface area contributed by atoms with Gasteiger partial charge in [0.05, 0.1) is 17.0 Å². The van der Waals surface area contributed by atoms with Crippen LogP contribution in [0.1, 0.15) is 307 Å². The van der Waals surface area contributed by atoms with Gasteiger partial charge < -0.3 is 44.3 Å². The van der Waals surface area contributed by atoms with E-state index < -0.39 is 13.5 Å². The van der Waals surface area contributed by atoms with Gasteiger partial charge >= 0.3 is 113 Å². The monoisotopic (exact) mass is 1710 g/mol. The molecule has 0 saturated heterocycles. The predicted octanol–water partition coefficient (Wildman–Crippen LogP) is 26.8. The molecule has 0 N–H and O–H groups in total. The second kappa shape index (κ2) is 55.9. The molecule has 7 aliphatic carbocycles. The number of rotatable bonds is 10. The molecule has 6 nitrogen and oxygen atoms in total. The summed E-state index contributed by atoms with van der Waals surface area (Å²) in [5.41, 5.74) is 9.20. The molecule has 552 valence electrons. The van der Waals surface area contributed by atoms with E-state index in [0.717, 1.165) is 24.2 Å². The van der Waals surface area contributed by atoms with E-state index in [4.69, 9.17) is 58.1 Å². The van der Waals surface area contributed by atoms with Crippen LogP contribution in [-0.4, -0.2) is 88.2 Å². The molecule has 0 atom stereocenters. The fourth-order valence-electron chi connectivity index (χ4n) is 15.1. The van der Waals surface area contributed by atoms with E-state index in [1.807, 2.05) is 29.7 Å². The summed E-state index contributed by atoms with van der Waals surface area (Å²) < 4.78 is 1.84. The van der Waals surface area contributed by atoms with Crippen molar-refractivity contribution in [3.63, 3.8) is 0 Å². The van der Waals surface area contributed by atoms with Crippen molar-refractivity contribution in [3.8, 4) is 0 Å². The van der Waals surface area contributed by atoms with Crippen LogP contribution in [0.3, 0.4) is 0 Å². The van der Waals surface area contributed by atoms with E-state index in [1.165, 1.54) is 168 Å². The third-order valence-corrected chi connectivity index (χ3v) is 27.7. The molecule has 0 radical (unpaired) electrons. The summed E-state index contributed by atoms with van der Waals surface area (Å²) in [6, 6.07) is 21.1. The summed E-state index contributed by atoms with van der Waals surface area (Å²) in [5.74, 6) is 1.31. The molecule has 0 aromatic heterocycles. The minimum absolute atomic E-state index is 0. The van der Waals surface area contributed by atoms with Crippen molar-refractivity contribution < 1.29 is 43.8 Å². The molecular formula is C79H135Cl6N6PRu3. The summed E-state index contributed by atoms with van der Waals surface area (Å²) in [6.07, 6.45) is 65.4. The topological polar surface area (TPSA) is 19.4 Å². The number of benzene rings is 2. The van der Waals surface area contributed by atoms with Gasteiger partial charge in [0.2, 0.25) is 0 Å². The number of hydrogen-bond donors (Lipinski definition) is 0. The molecule has 16 heteroatoms. The van der Waals surface area contributed by atoms with Crippen LogP contribution in [0.25, 0.3) is 0 Å². The molecule has 7 fully saturated rings. The van der Waals surface area contributed by atoms with E-state index in [9.17, 15) is 0 Å². The normalized spacial score (nSPS) is 20.7.